The highest BCUT2D eigenvalue weighted by atomic mass is 16.7. The predicted molar refractivity (Wildman–Crippen MR) is 143 cm³/mol. The van der Waals surface area contributed by atoms with Gasteiger partial charge in [-0.15, -0.1) is 0 Å². The van der Waals surface area contributed by atoms with Crippen molar-refractivity contribution in [2.24, 2.45) is 23.7 Å². The smallest absolute Gasteiger partial charge is 0.316 e. The fraction of sp³-hybridized carbons (Fsp3) is 0.929. The number of carbonyl (C=O) groups excluding carboxylic acids is 2. The molecule has 2 heterocycles. The van der Waals surface area contributed by atoms with Crippen molar-refractivity contribution in [3.63, 3.8) is 0 Å². The van der Waals surface area contributed by atoms with Crippen molar-refractivity contribution in [3.05, 3.63) is 0 Å². The summed E-state index contributed by atoms with van der Waals surface area (Å²) in [5, 5.41) is 22.4. The van der Waals surface area contributed by atoms with Gasteiger partial charge in [-0.1, -0.05) is 20.8 Å². The second kappa shape index (κ2) is 14.0. The van der Waals surface area contributed by atoms with Gasteiger partial charge in [0.2, 0.25) is 0 Å². The topological polar surface area (TPSA) is 118 Å². The molecule has 0 radical (unpaired) electrons. The number of Topliss-reactive ketones (excluding diaryl/α,β-unsaturated/α-hetero) is 1. The van der Waals surface area contributed by atoms with E-state index in [-0.39, 0.29) is 36.4 Å². The molecule has 38 heavy (non-hydrogen) atoms. The molecule has 0 aromatic heterocycles. The third-order valence-corrected chi connectivity index (χ3v) is 8.52. The number of carbonyl (C=O) groups is 2. The number of cyclic esters (lactones) is 1. The number of hydrogen-bond donors (Lipinski definition) is 2. The number of ketones is 1. The van der Waals surface area contributed by atoms with Gasteiger partial charge in [-0.3, -0.25) is 9.59 Å². The highest BCUT2D eigenvalue weighted by molar-refractivity contribution is 5.99. The molecule has 2 saturated heterocycles. The number of methoxy groups -OCH3 is 1. The maximum Gasteiger partial charge on any atom is 0.316 e. The third-order valence-electron chi connectivity index (χ3n) is 8.52. The van der Waals surface area contributed by atoms with E-state index >= 15 is 0 Å². The van der Waals surface area contributed by atoms with Crippen LogP contribution in [-0.4, -0.2) is 122 Å². The lowest BCUT2D eigenvalue weighted by atomic mass is 9.76. The molecule has 0 amide bonds. The van der Waals surface area contributed by atoms with Crippen molar-refractivity contribution in [1.29, 1.82) is 0 Å². The van der Waals surface area contributed by atoms with Crippen LogP contribution in [0.2, 0.25) is 0 Å². The van der Waals surface area contributed by atoms with Crippen LogP contribution in [0.25, 0.3) is 0 Å². The normalized spacial score (nSPS) is 43.4. The minimum absolute atomic E-state index is 0.0560. The second-order valence-electron chi connectivity index (χ2n) is 12.1. The van der Waals surface area contributed by atoms with Crippen LogP contribution >= 0.6 is 0 Å². The molecule has 0 bridgehead atoms. The lowest BCUT2D eigenvalue weighted by molar-refractivity contribution is -0.296. The van der Waals surface area contributed by atoms with Gasteiger partial charge in [0.05, 0.1) is 23.9 Å². The van der Waals surface area contributed by atoms with Crippen LogP contribution < -0.4 is 0 Å². The molecule has 11 atom stereocenters. The zero-order valence-electron chi connectivity index (χ0n) is 25.0. The van der Waals surface area contributed by atoms with Gasteiger partial charge >= 0.3 is 5.97 Å². The van der Waals surface area contributed by atoms with Crippen molar-refractivity contribution >= 4 is 11.8 Å². The largest absolute Gasteiger partial charge is 0.464 e. The highest BCUT2D eigenvalue weighted by Gasteiger charge is 2.49. The Morgan fingerprint density at radius 2 is 1.68 bits per heavy atom. The number of aliphatic hydroxyl groups excluding tert-OH is 2. The summed E-state index contributed by atoms with van der Waals surface area (Å²) >= 11 is 0. The summed E-state index contributed by atoms with van der Waals surface area (Å²) in [7, 11) is 7.26. The van der Waals surface area contributed by atoms with Crippen LogP contribution in [0.5, 0.6) is 0 Å². The van der Waals surface area contributed by atoms with Gasteiger partial charge in [-0.25, -0.2) is 0 Å². The van der Waals surface area contributed by atoms with Gasteiger partial charge in [0, 0.05) is 32.2 Å². The summed E-state index contributed by atoms with van der Waals surface area (Å²) in [6.07, 6.45) is -2.63. The van der Waals surface area contributed by atoms with E-state index in [0.29, 0.717) is 25.9 Å². The van der Waals surface area contributed by atoms with Crippen LogP contribution in [0, 0.1) is 23.7 Å². The summed E-state index contributed by atoms with van der Waals surface area (Å²) < 4.78 is 24.0. The molecule has 10 heteroatoms. The molecule has 2 N–H and O–H groups in total. The molecule has 0 spiro atoms. The van der Waals surface area contributed by atoms with Gasteiger partial charge in [0.25, 0.3) is 0 Å². The fourth-order valence-electron chi connectivity index (χ4n) is 6.00. The molecule has 0 aromatic carbocycles. The Balaban J connectivity index is 2.49. The quantitative estimate of drug-likeness (QED) is 0.399. The van der Waals surface area contributed by atoms with Gasteiger partial charge in [-0.2, -0.15) is 0 Å². The number of rotatable bonds is 4. The summed E-state index contributed by atoms with van der Waals surface area (Å²) in [5.74, 6) is -2.96. The Hall–Kier alpha value is -1.14. The fourth-order valence-corrected chi connectivity index (χ4v) is 6.00. The van der Waals surface area contributed by atoms with E-state index in [0.717, 1.165) is 0 Å². The van der Waals surface area contributed by atoms with Crippen LogP contribution in [0.15, 0.2) is 0 Å². The van der Waals surface area contributed by atoms with E-state index in [4.69, 9.17) is 18.9 Å². The number of nitrogens with zero attached hydrogens (tertiary/aromatic N) is 2. The number of esters is 1. The maximum atomic E-state index is 13.6. The van der Waals surface area contributed by atoms with Gasteiger partial charge in [-0.05, 0) is 66.6 Å². The van der Waals surface area contributed by atoms with E-state index in [2.05, 4.69) is 0 Å². The first kappa shape index (κ1) is 33.1. The Labute approximate surface area is 228 Å². The van der Waals surface area contributed by atoms with E-state index in [9.17, 15) is 19.8 Å². The highest BCUT2D eigenvalue weighted by Crippen LogP contribution is 2.37. The van der Waals surface area contributed by atoms with Gasteiger partial charge < -0.3 is 39.0 Å². The van der Waals surface area contributed by atoms with Crippen LogP contribution in [0.4, 0.5) is 0 Å². The second-order valence-corrected chi connectivity index (χ2v) is 12.1. The minimum atomic E-state index is -1.04. The molecular weight excluding hydrogens is 492 g/mol. The minimum Gasteiger partial charge on any atom is -0.464 e. The molecular formula is C28H52N2O8. The van der Waals surface area contributed by atoms with E-state index < -0.39 is 48.0 Å². The Morgan fingerprint density at radius 3 is 2.26 bits per heavy atom. The molecule has 0 aromatic rings. The third kappa shape index (κ3) is 7.96. The van der Waals surface area contributed by atoms with Crippen molar-refractivity contribution < 1.29 is 38.7 Å². The zero-order valence-corrected chi connectivity index (χ0v) is 25.0. The van der Waals surface area contributed by atoms with Crippen molar-refractivity contribution in [2.75, 3.05) is 47.9 Å². The van der Waals surface area contributed by atoms with Crippen LogP contribution in [-0.2, 0) is 28.5 Å². The van der Waals surface area contributed by atoms with E-state index in [1.807, 2.05) is 58.6 Å². The van der Waals surface area contributed by atoms with Crippen LogP contribution in [0.1, 0.15) is 54.4 Å². The Morgan fingerprint density at radius 1 is 1.05 bits per heavy atom. The molecule has 10 nitrogen and oxygen atoms in total. The summed E-state index contributed by atoms with van der Waals surface area (Å²) in [5.41, 5.74) is -1.04. The first-order valence-corrected chi connectivity index (χ1v) is 13.9. The summed E-state index contributed by atoms with van der Waals surface area (Å²) in [6.45, 7) is 12.3. The predicted octanol–water partition coefficient (Wildman–Crippen LogP) is 1.56. The molecule has 2 aliphatic heterocycles. The number of ether oxygens (including phenoxy) is 4. The molecule has 222 valence electrons. The van der Waals surface area contributed by atoms with Gasteiger partial charge in [0.1, 0.15) is 18.6 Å². The molecule has 1 unspecified atom stereocenters. The monoisotopic (exact) mass is 544 g/mol. The molecule has 2 rings (SSSR count). The maximum absolute atomic E-state index is 13.6. The lowest BCUT2D eigenvalue weighted by Gasteiger charge is -2.47. The van der Waals surface area contributed by atoms with Crippen LogP contribution in [0.3, 0.4) is 0 Å². The van der Waals surface area contributed by atoms with Gasteiger partial charge in [0.15, 0.2) is 12.1 Å². The zero-order chi connectivity index (χ0) is 28.9. The Bertz CT molecular complexity index is 782. The Kier molecular flexibility index (Phi) is 12.2. The average Bonchev–Trinajstić information content (AvgIpc) is 2.85. The SMILES string of the molecule is CO[C@@]1(C)C[C@@H](C)[C@H](O)[C@H](C)CN(C)CCOC(=O)C(C)C(=O)[C@H](C)[C@H]1O[C@@H]1O[C@H](C)C[C@H](N(C)C)[C@H]1O. The molecule has 0 saturated carbocycles. The standard InChI is InChI=1S/C28H52N2O8/c1-16-14-28(6,35-10)25(38-27-24(33)21(29(7)8)13-18(3)37-27)19(4)23(32)20(5)26(34)36-12-11-30(9)15-17(2)22(16)31/h16-22,24-25,27,31,33H,11-15H2,1-10H3/t16-,17-,18-,19+,20?,21+,22+,24-,25-,27+,28+/m1/s1. The number of aliphatic hydroxyl groups is 2. The number of likely N-dealkylation sites (N-methyl/N-ethyl adjacent to an activating group) is 2. The molecule has 2 aliphatic rings. The molecule has 0 aliphatic carbocycles. The van der Waals surface area contributed by atoms with Crippen molar-refractivity contribution in [2.45, 2.75) is 96.7 Å². The van der Waals surface area contributed by atoms with Crippen molar-refractivity contribution in [3.8, 4) is 0 Å². The lowest BCUT2D eigenvalue weighted by Crippen LogP contribution is -2.59. The first-order valence-electron chi connectivity index (χ1n) is 13.9. The summed E-state index contributed by atoms with van der Waals surface area (Å²) in [4.78, 5) is 30.3. The van der Waals surface area contributed by atoms with E-state index in [1.165, 1.54) is 0 Å². The average molecular weight is 545 g/mol. The van der Waals surface area contributed by atoms with E-state index in [1.54, 1.807) is 21.0 Å². The van der Waals surface area contributed by atoms with Crippen molar-refractivity contribution in [1.82, 2.24) is 9.80 Å². The summed E-state index contributed by atoms with van der Waals surface area (Å²) in [6, 6.07) is -0.196. The molecule has 2 fully saturated rings. The number of hydrogen-bond acceptors (Lipinski definition) is 10. The first-order chi connectivity index (χ1) is 17.6.